The van der Waals surface area contributed by atoms with Crippen molar-refractivity contribution in [3.63, 3.8) is 0 Å². The summed E-state index contributed by atoms with van der Waals surface area (Å²) < 4.78 is 24.2. The summed E-state index contributed by atoms with van der Waals surface area (Å²) in [7, 11) is -1.53. The molecule has 0 unspecified atom stereocenters. The van der Waals surface area contributed by atoms with E-state index in [1.165, 1.54) is 4.31 Å². The zero-order valence-electron chi connectivity index (χ0n) is 8.07. The summed E-state index contributed by atoms with van der Waals surface area (Å²) in [6.45, 7) is 4.39. The molecule has 0 saturated heterocycles. The monoisotopic (exact) mass is 206 g/mol. The van der Waals surface area contributed by atoms with Gasteiger partial charge in [0.1, 0.15) is 0 Å². The molecule has 0 heterocycles. The third-order valence-electron chi connectivity index (χ3n) is 1.72. The molecule has 0 atom stereocenters. The van der Waals surface area contributed by atoms with E-state index in [0.29, 0.717) is 19.5 Å². The lowest BCUT2D eigenvalue weighted by atomic mass is 10.3. The van der Waals surface area contributed by atoms with E-state index in [-0.39, 0.29) is 5.75 Å². The van der Waals surface area contributed by atoms with Gasteiger partial charge in [-0.1, -0.05) is 6.08 Å². The summed E-state index contributed by atoms with van der Waals surface area (Å²) in [5, 5.41) is 0. The molecule has 4 nitrogen and oxygen atoms in total. The van der Waals surface area contributed by atoms with Crippen LogP contribution in [0.5, 0.6) is 0 Å². The number of hydrogen-bond acceptors (Lipinski definition) is 3. The Kier molecular flexibility index (Phi) is 5.94. The summed E-state index contributed by atoms with van der Waals surface area (Å²) in [6.07, 6.45) is 2.95. The number of unbranched alkanes of at least 4 members (excludes halogenated alkanes) is 1. The van der Waals surface area contributed by atoms with Gasteiger partial charge in [-0.3, -0.25) is 0 Å². The second kappa shape index (κ2) is 6.12. The zero-order chi connectivity index (χ0) is 10.3. The van der Waals surface area contributed by atoms with Gasteiger partial charge in [0.15, 0.2) is 0 Å². The first-order valence-electron chi connectivity index (χ1n) is 4.29. The van der Waals surface area contributed by atoms with Crippen molar-refractivity contribution in [2.75, 3.05) is 25.9 Å². The van der Waals surface area contributed by atoms with Crippen LogP contribution >= 0.6 is 0 Å². The fraction of sp³-hybridized carbons (Fsp3) is 0.750. The molecule has 0 bridgehead atoms. The summed E-state index contributed by atoms with van der Waals surface area (Å²) in [4.78, 5) is 0. The van der Waals surface area contributed by atoms with Crippen LogP contribution in [-0.2, 0) is 10.0 Å². The molecule has 0 aliphatic heterocycles. The van der Waals surface area contributed by atoms with Gasteiger partial charge in [-0.2, -0.15) is 0 Å². The SMILES string of the molecule is C=CCN(C)S(=O)(=O)CCCCN. The summed E-state index contributed by atoms with van der Waals surface area (Å²) in [5.41, 5.74) is 5.27. The highest BCUT2D eigenvalue weighted by atomic mass is 32.2. The lowest BCUT2D eigenvalue weighted by Gasteiger charge is -2.14. The molecule has 2 N–H and O–H groups in total. The van der Waals surface area contributed by atoms with Gasteiger partial charge in [-0.25, -0.2) is 12.7 Å². The van der Waals surface area contributed by atoms with Crippen molar-refractivity contribution in [1.82, 2.24) is 4.31 Å². The average molecular weight is 206 g/mol. The van der Waals surface area contributed by atoms with E-state index >= 15 is 0 Å². The number of nitrogens with zero attached hydrogens (tertiary/aromatic N) is 1. The van der Waals surface area contributed by atoms with E-state index in [4.69, 9.17) is 5.73 Å². The van der Waals surface area contributed by atoms with Gasteiger partial charge < -0.3 is 5.73 Å². The molecular formula is C8H18N2O2S. The maximum absolute atomic E-state index is 11.4. The molecule has 0 fully saturated rings. The number of hydrogen-bond donors (Lipinski definition) is 1. The first-order valence-corrected chi connectivity index (χ1v) is 5.90. The average Bonchev–Trinajstić information content (AvgIpc) is 2.05. The molecule has 0 aromatic carbocycles. The van der Waals surface area contributed by atoms with Gasteiger partial charge in [-0.05, 0) is 19.4 Å². The van der Waals surface area contributed by atoms with Crippen molar-refractivity contribution < 1.29 is 8.42 Å². The largest absolute Gasteiger partial charge is 0.330 e. The zero-order valence-corrected chi connectivity index (χ0v) is 8.89. The molecule has 0 aliphatic carbocycles. The summed E-state index contributed by atoms with van der Waals surface area (Å²) >= 11 is 0. The van der Waals surface area contributed by atoms with E-state index in [2.05, 4.69) is 6.58 Å². The van der Waals surface area contributed by atoms with Gasteiger partial charge >= 0.3 is 0 Å². The summed E-state index contributed by atoms with van der Waals surface area (Å²) in [5.74, 6) is 0.175. The topological polar surface area (TPSA) is 63.4 Å². The Morgan fingerprint density at radius 3 is 2.54 bits per heavy atom. The van der Waals surface area contributed by atoms with Gasteiger partial charge in [0.25, 0.3) is 0 Å². The van der Waals surface area contributed by atoms with E-state index in [1.807, 2.05) is 0 Å². The number of sulfonamides is 1. The van der Waals surface area contributed by atoms with Crippen LogP contribution < -0.4 is 5.73 Å². The first kappa shape index (κ1) is 12.6. The van der Waals surface area contributed by atoms with Gasteiger partial charge in [-0.15, -0.1) is 6.58 Å². The van der Waals surface area contributed by atoms with Crippen LogP contribution in [0.4, 0.5) is 0 Å². The third-order valence-corrected chi connectivity index (χ3v) is 3.62. The second-order valence-electron chi connectivity index (χ2n) is 2.88. The van der Waals surface area contributed by atoms with Crippen molar-refractivity contribution in [3.8, 4) is 0 Å². The molecule has 0 aliphatic rings. The van der Waals surface area contributed by atoms with E-state index in [1.54, 1.807) is 13.1 Å². The normalized spacial score (nSPS) is 11.9. The van der Waals surface area contributed by atoms with Crippen molar-refractivity contribution in [2.24, 2.45) is 5.73 Å². The minimum atomic E-state index is -3.09. The Balaban J connectivity index is 3.99. The van der Waals surface area contributed by atoms with Gasteiger partial charge in [0.05, 0.1) is 5.75 Å². The van der Waals surface area contributed by atoms with Gasteiger partial charge in [0, 0.05) is 13.6 Å². The van der Waals surface area contributed by atoms with E-state index in [9.17, 15) is 8.42 Å². The van der Waals surface area contributed by atoms with Crippen molar-refractivity contribution in [1.29, 1.82) is 0 Å². The molecule has 0 rings (SSSR count). The molecule has 13 heavy (non-hydrogen) atoms. The lowest BCUT2D eigenvalue weighted by Crippen LogP contribution is -2.29. The number of nitrogens with two attached hydrogens (primary N) is 1. The fourth-order valence-electron chi connectivity index (χ4n) is 0.880. The molecule has 0 saturated carbocycles. The van der Waals surface area contributed by atoms with Crippen LogP contribution in [0.2, 0.25) is 0 Å². The minimum absolute atomic E-state index is 0.175. The van der Waals surface area contributed by atoms with Crippen molar-refractivity contribution in [2.45, 2.75) is 12.8 Å². The Labute approximate surface area is 80.5 Å². The van der Waals surface area contributed by atoms with Crippen LogP contribution in [0.15, 0.2) is 12.7 Å². The van der Waals surface area contributed by atoms with Crippen LogP contribution in [-0.4, -0.2) is 38.6 Å². The predicted octanol–water partition coefficient (Wildman–Crippen LogP) is 0.173. The molecular weight excluding hydrogens is 188 g/mol. The first-order chi connectivity index (χ1) is 6.04. The van der Waals surface area contributed by atoms with Crippen LogP contribution in [0, 0.1) is 0 Å². The minimum Gasteiger partial charge on any atom is -0.330 e. The molecule has 0 spiro atoms. The quantitative estimate of drug-likeness (QED) is 0.477. The Hall–Kier alpha value is -0.390. The predicted molar refractivity (Wildman–Crippen MR) is 54.9 cm³/mol. The summed E-state index contributed by atoms with van der Waals surface area (Å²) in [6, 6.07) is 0. The van der Waals surface area contributed by atoms with Crippen molar-refractivity contribution >= 4 is 10.0 Å². The lowest BCUT2D eigenvalue weighted by molar-refractivity contribution is 0.496. The van der Waals surface area contributed by atoms with Crippen molar-refractivity contribution in [3.05, 3.63) is 12.7 Å². The van der Waals surface area contributed by atoms with Crippen LogP contribution in [0.3, 0.4) is 0 Å². The number of rotatable bonds is 7. The molecule has 0 aromatic heterocycles. The maximum Gasteiger partial charge on any atom is 0.214 e. The molecule has 78 valence electrons. The highest BCUT2D eigenvalue weighted by Gasteiger charge is 2.14. The highest BCUT2D eigenvalue weighted by molar-refractivity contribution is 7.89. The highest BCUT2D eigenvalue weighted by Crippen LogP contribution is 2.01. The molecule has 0 aromatic rings. The van der Waals surface area contributed by atoms with Gasteiger partial charge in [0.2, 0.25) is 10.0 Å². The van der Waals surface area contributed by atoms with Crippen LogP contribution in [0.1, 0.15) is 12.8 Å². The van der Waals surface area contributed by atoms with Crippen LogP contribution in [0.25, 0.3) is 0 Å². The Morgan fingerprint density at radius 1 is 1.46 bits per heavy atom. The Bertz CT molecular complexity index is 237. The van der Waals surface area contributed by atoms with E-state index in [0.717, 1.165) is 6.42 Å². The third kappa shape index (κ3) is 5.02. The molecule has 0 amide bonds. The fourth-order valence-corrected chi connectivity index (χ4v) is 2.09. The second-order valence-corrected chi connectivity index (χ2v) is 5.08. The maximum atomic E-state index is 11.4. The Morgan fingerprint density at radius 2 is 2.08 bits per heavy atom. The molecule has 5 heteroatoms. The van der Waals surface area contributed by atoms with E-state index < -0.39 is 10.0 Å². The number of likely N-dealkylation sites (N-methyl/N-ethyl adjacent to an activating group) is 1. The molecule has 0 radical (unpaired) electrons. The smallest absolute Gasteiger partial charge is 0.214 e. The standard InChI is InChI=1S/C8H18N2O2S/c1-3-7-10(2)13(11,12)8-5-4-6-9/h3H,1,4-9H2,2H3.